The largest absolute Gasteiger partial charge is 0.497 e. The molecule has 7 aromatic carbocycles. The fraction of sp³-hybridized carbons (Fsp3) is 0.427. The van der Waals surface area contributed by atoms with Gasteiger partial charge in [-0.3, -0.25) is 77.0 Å². The highest BCUT2D eigenvalue weighted by Gasteiger charge is 2.65. The van der Waals surface area contributed by atoms with Gasteiger partial charge in [0.25, 0.3) is 35.4 Å². The molecule has 42 nitrogen and oxygen atoms in total. The minimum Gasteiger partial charge on any atom is -0.497 e. The van der Waals surface area contributed by atoms with Crippen molar-refractivity contribution in [2.24, 2.45) is 5.11 Å². The van der Waals surface area contributed by atoms with Crippen molar-refractivity contribution in [1.82, 2.24) is 14.7 Å². The van der Waals surface area contributed by atoms with Gasteiger partial charge in [0.15, 0.2) is 68.0 Å². The number of amides is 6. The fourth-order valence-corrected chi connectivity index (χ4v) is 17.9. The predicted molar refractivity (Wildman–Crippen MR) is 463 cm³/mol. The van der Waals surface area contributed by atoms with Crippen molar-refractivity contribution in [3.63, 3.8) is 0 Å². The van der Waals surface area contributed by atoms with Crippen LogP contribution < -0.4 is 9.47 Å². The van der Waals surface area contributed by atoms with Crippen LogP contribution in [-0.4, -0.2) is 296 Å². The Bertz CT molecular complexity index is 5580. The van der Waals surface area contributed by atoms with E-state index in [9.17, 15) is 49.3 Å². The maximum absolute atomic E-state index is 16.1. The lowest BCUT2D eigenvalue weighted by molar-refractivity contribution is -0.394. The quantitative estimate of drug-likeness (QED) is 0.0112. The molecule has 15 rings (SSSR count). The number of imide groups is 3. The molecule has 5 fully saturated rings. The van der Waals surface area contributed by atoms with E-state index in [4.69, 9.17) is 99.5 Å². The van der Waals surface area contributed by atoms with Gasteiger partial charge in [-0.2, -0.15) is 0 Å². The van der Waals surface area contributed by atoms with Crippen LogP contribution in [0, 0.1) is 0 Å². The number of esters is 7. The van der Waals surface area contributed by atoms with Gasteiger partial charge in [0, 0.05) is 53.4 Å². The summed E-state index contributed by atoms with van der Waals surface area (Å²) < 4.78 is 137. The molecule has 7 aromatic rings. The van der Waals surface area contributed by atoms with E-state index in [2.05, 4.69) is 10.0 Å². The van der Waals surface area contributed by atoms with Crippen LogP contribution in [0.25, 0.3) is 10.4 Å². The third-order valence-corrected chi connectivity index (χ3v) is 23.8. The number of azide groups is 1. The number of carbonyl (C=O) groups excluding carboxylic acids is 13. The summed E-state index contributed by atoms with van der Waals surface area (Å²) in [6.45, 7) is 1.31. The zero-order valence-corrected chi connectivity index (χ0v) is 75.4. The average Bonchev–Trinajstić information content (AvgIpc) is 1.52. The number of aliphatic hydroxyl groups is 2. The number of aliphatic hydroxyl groups excluding tert-OH is 2. The molecule has 0 radical (unpaired) electrons. The summed E-state index contributed by atoms with van der Waals surface area (Å²) in [4.78, 5) is 193. The van der Waals surface area contributed by atoms with Crippen molar-refractivity contribution in [3.8, 4) is 11.5 Å². The first kappa shape index (κ1) is 99.1. The number of benzene rings is 7. The van der Waals surface area contributed by atoms with Gasteiger partial charge in [0.05, 0.1) is 73.5 Å². The van der Waals surface area contributed by atoms with E-state index < -0.39 is 270 Å². The fourth-order valence-electron chi connectivity index (χ4n) is 17.9. The minimum absolute atomic E-state index is 0.0519. The second kappa shape index (κ2) is 44.4. The van der Waals surface area contributed by atoms with Gasteiger partial charge in [-0.25, -0.2) is 0 Å². The molecule has 8 aliphatic heterocycles. The highest BCUT2D eigenvalue weighted by Crippen LogP contribution is 2.46. The second-order valence-corrected chi connectivity index (χ2v) is 33.1. The molecular formula is C96H98N6O36. The first-order chi connectivity index (χ1) is 66.5. The van der Waals surface area contributed by atoms with E-state index in [0.29, 0.717) is 27.3 Å². The van der Waals surface area contributed by atoms with Crippen LogP contribution in [0.15, 0.2) is 193 Å². The summed E-state index contributed by atoms with van der Waals surface area (Å²) >= 11 is 0. The van der Waals surface area contributed by atoms with Gasteiger partial charge < -0.3 is 110 Å². The number of rotatable bonds is 36. The van der Waals surface area contributed by atoms with Crippen LogP contribution in [-0.2, 0) is 143 Å². The Morgan fingerprint density at radius 1 is 0.348 bits per heavy atom. The molecule has 138 heavy (non-hydrogen) atoms. The molecule has 0 aromatic heterocycles. The molecule has 8 aliphatic rings. The molecule has 728 valence electrons. The van der Waals surface area contributed by atoms with Gasteiger partial charge in [-0.05, 0) is 82.9 Å². The van der Waals surface area contributed by atoms with Gasteiger partial charge in [0.1, 0.15) is 117 Å². The Hall–Kier alpha value is -13.4. The zero-order valence-electron chi connectivity index (χ0n) is 75.4. The molecule has 25 atom stereocenters. The SMILES string of the molecule is COc1ccc(OC[C@H]2O[C@@H](N=[N+]=[N-])[C@H](N3C(=O)c4ccccc4C3=O)[C@@H](OCc3ccccc3)[C@@H]2O[C@@H]2O[C@H](COCc3ccccc3)[C@@H](O[C@@H]3O[C@H](CO)[C@@H](O)[C@H](O[C@H]4O[C@H](COC(C)=O)[C@@H](OC(C)=O)[C@H](OC(C)=O)[C@@H]4O[C@@H]4O[C@H](COC(C)=O)[C@@H](OC(C)=O)[C@H](OC(C)=O)[C@H]4N4C(=O)c5ccccc5C4=O)[C@@H]3OC(C)=O)[C@H](OCc3ccccc3)[C@H]2N2C(=O)c3ccccc3C2=O)cc1. The van der Waals surface area contributed by atoms with E-state index in [1.807, 2.05) is 0 Å². The molecule has 42 heteroatoms. The summed E-state index contributed by atoms with van der Waals surface area (Å²) in [5, 5.41) is 29.0. The molecule has 8 heterocycles. The molecule has 0 bridgehead atoms. The Morgan fingerprint density at radius 2 is 0.681 bits per heavy atom. The van der Waals surface area contributed by atoms with Gasteiger partial charge in [-0.1, -0.05) is 133 Å². The highest BCUT2D eigenvalue weighted by atomic mass is 16.8. The summed E-state index contributed by atoms with van der Waals surface area (Å²) in [6.07, 6.45) is -45.6. The third kappa shape index (κ3) is 21.9. The molecular weight excluding hydrogens is 1810 g/mol. The summed E-state index contributed by atoms with van der Waals surface area (Å²) in [5.41, 5.74) is 11.3. The number of hydrogen-bond donors (Lipinski definition) is 2. The lowest BCUT2D eigenvalue weighted by Gasteiger charge is -2.53. The number of fused-ring (bicyclic) bond motifs is 3. The zero-order chi connectivity index (χ0) is 97.9. The summed E-state index contributed by atoms with van der Waals surface area (Å²) in [5.74, 6) is -13.0. The predicted octanol–water partition coefficient (Wildman–Crippen LogP) is 6.07. The van der Waals surface area contributed by atoms with Crippen LogP contribution in [0.3, 0.4) is 0 Å². The van der Waals surface area contributed by atoms with Crippen molar-refractivity contribution in [3.05, 3.63) is 249 Å². The van der Waals surface area contributed by atoms with E-state index >= 15 is 28.8 Å². The lowest BCUT2D eigenvalue weighted by atomic mass is 9.92. The van der Waals surface area contributed by atoms with Crippen molar-refractivity contribution in [1.29, 1.82) is 0 Å². The number of ether oxygens (including phenoxy) is 21. The first-order valence-corrected chi connectivity index (χ1v) is 44.0. The Labute approximate surface area is 787 Å². The monoisotopic (exact) mass is 1910 g/mol. The normalized spacial score (nSPS) is 29.3. The van der Waals surface area contributed by atoms with Crippen LogP contribution in [0.5, 0.6) is 11.5 Å². The number of carbonyl (C=O) groups is 13. The molecule has 5 saturated heterocycles. The second-order valence-electron chi connectivity index (χ2n) is 33.1. The molecule has 0 saturated carbocycles. The van der Waals surface area contributed by atoms with Gasteiger partial charge in [-0.15, -0.1) is 0 Å². The number of nitrogens with zero attached hydrogens (tertiary/aromatic N) is 6. The topological polar surface area (TPSA) is 515 Å². The van der Waals surface area contributed by atoms with Crippen molar-refractivity contribution in [2.45, 2.75) is 222 Å². The van der Waals surface area contributed by atoms with Crippen molar-refractivity contribution >= 4 is 77.2 Å². The maximum atomic E-state index is 16.1. The first-order valence-electron chi connectivity index (χ1n) is 44.0. The van der Waals surface area contributed by atoms with Crippen LogP contribution >= 0.6 is 0 Å². The standard InChI is InChI=1S/C96H98N6O36/c1-48(104)120-45-69-77(125-50(3)106)81(127-52(5)108)73(102-91(116)64-34-22-23-35-65(64)92(102)117)94(133-69)138-85-83(128-53(6)109)78(126-51(4)107)70(46-121-49(2)105)134-96(85)137-82-74(111)66(40-103)131-95(84(82)129-54(7)110)136-75-67(44-119-41-55-24-12-9-13-25-55)132-93(72(80(75)124-43-57-28-16-11-17-29-57)101-89(114)62-32-20-21-33-63(62)90(101)115)135-76-68(47-122-59-38-36-58(118-8)37-39-59)130-86(98-99-97)71(79(76)123-42-56-26-14-10-15-27-56)100-87(112)60-30-18-19-31-61(60)88(100)113/h9-39,66-86,93-96,103,111H,40-47H2,1-8H3/t66-,67-,68-,69-,70-,71-,72-,73-,74-,75-,76-,77-,78-,79-,80-,81-,82+,83+,84+,85+,86-,93+,94+,95+,96-/m1/s1. The molecule has 0 spiro atoms. The van der Waals surface area contributed by atoms with E-state index in [1.54, 1.807) is 115 Å². The molecule has 2 N–H and O–H groups in total. The lowest BCUT2D eigenvalue weighted by Crippen LogP contribution is -2.72. The van der Waals surface area contributed by atoms with Crippen molar-refractivity contribution in [2.75, 3.05) is 40.1 Å². The van der Waals surface area contributed by atoms with Crippen LogP contribution in [0.2, 0.25) is 0 Å². The van der Waals surface area contributed by atoms with Crippen LogP contribution in [0.1, 0.15) is 127 Å². The number of hydrogen-bond acceptors (Lipinski definition) is 37. The molecule has 0 unspecified atom stereocenters. The van der Waals surface area contributed by atoms with E-state index in [0.717, 1.165) is 58.3 Å². The van der Waals surface area contributed by atoms with E-state index in [-0.39, 0.29) is 52.3 Å². The Balaban J connectivity index is 0.898. The third-order valence-electron chi connectivity index (χ3n) is 23.8. The van der Waals surface area contributed by atoms with Gasteiger partial charge >= 0.3 is 41.8 Å². The smallest absolute Gasteiger partial charge is 0.303 e. The summed E-state index contributed by atoms with van der Waals surface area (Å²) in [7, 11) is 1.46. The minimum atomic E-state index is -2.47. The Kier molecular flexibility index (Phi) is 31.9. The highest BCUT2D eigenvalue weighted by molar-refractivity contribution is 6.23. The van der Waals surface area contributed by atoms with Crippen molar-refractivity contribution < 1.29 is 172 Å². The Morgan fingerprint density at radius 3 is 1.11 bits per heavy atom. The van der Waals surface area contributed by atoms with E-state index in [1.165, 1.54) is 79.9 Å². The summed E-state index contributed by atoms with van der Waals surface area (Å²) in [6, 6.07) is 43.1. The van der Waals surface area contributed by atoms with Gasteiger partial charge in [0.2, 0.25) is 0 Å². The average molecular weight is 1910 g/mol. The van der Waals surface area contributed by atoms with Crippen LogP contribution in [0.4, 0.5) is 0 Å². The molecule has 0 aliphatic carbocycles. The maximum Gasteiger partial charge on any atom is 0.303 e. The number of methoxy groups -OCH3 is 1. The molecule has 6 amide bonds.